The lowest BCUT2D eigenvalue weighted by atomic mass is 9.80. The summed E-state index contributed by atoms with van der Waals surface area (Å²) in [4.78, 5) is 0. The standard InChI is InChI=1S/C17H26O/c1-3-13(2)17(15-7-5-4-6-8-15)16(18)12-11-14-9-10-14/h4-8,13-14,16-18H,3,9-12H2,1-2H3. The Morgan fingerprint density at radius 2 is 1.89 bits per heavy atom. The molecule has 0 radical (unpaired) electrons. The van der Waals surface area contributed by atoms with Crippen LogP contribution < -0.4 is 0 Å². The highest BCUT2D eigenvalue weighted by Gasteiger charge is 2.28. The van der Waals surface area contributed by atoms with Gasteiger partial charge in [-0.3, -0.25) is 0 Å². The Labute approximate surface area is 111 Å². The zero-order valence-electron chi connectivity index (χ0n) is 11.7. The molecular formula is C17H26O. The van der Waals surface area contributed by atoms with Gasteiger partial charge in [-0.05, 0) is 30.2 Å². The van der Waals surface area contributed by atoms with Crippen molar-refractivity contribution in [2.75, 3.05) is 0 Å². The molecule has 3 unspecified atom stereocenters. The van der Waals surface area contributed by atoms with Gasteiger partial charge >= 0.3 is 0 Å². The molecule has 1 fully saturated rings. The summed E-state index contributed by atoms with van der Waals surface area (Å²) in [5.74, 6) is 1.75. The first-order valence-electron chi connectivity index (χ1n) is 7.45. The number of hydrogen-bond donors (Lipinski definition) is 1. The van der Waals surface area contributed by atoms with E-state index in [1.807, 2.05) is 6.07 Å². The van der Waals surface area contributed by atoms with E-state index in [9.17, 15) is 5.11 Å². The van der Waals surface area contributed by atoms with Gasteiger partial charge in [0, 0.05) is 5.92 Å². The Kier molecular flexibility index (Phi) is 4.82. The summed E-state index contributed by atoms with van der Waals surface area (Å²) >= 11 is 0. The van der Waals surface area contributed by atoms with Gasteiger partial charge in [0.1, 0.15) is 0 Å². The van der Waals surface area contributed by atoms with Crippen LogP contribution in [0.3, 0.4) is 0 Å². The summed E-state index contributed by atoms with van der Waals surface area (Å²) < 4.78 is 0. The monoisotopic (exact) mass is 246 g/mol. The smallest absolute Gasteiger partial charge is 0.0611 e. The van der Waals surface area contributed by atoms with Crippen LogP contribution in [0.4, 0.5) is 0 Å². The Bertz CT molecular complexity index is 342. The normalized spacial score (nSPS) is 20.4. The highest BCUT2D eigenvalue weighted by Crippen LogP contribution is 2.37. The number of aliphatic hydroxyl groups excluding tert-OH is 1. The summed E-state index contributed by atoms with van der Waals surface area (Å²) in [6, 6.07) is 10.5. The maximum Gasteiger partial charge on any atom is 0.0611 e. The van der Waals surface area contributed by atoms with Crippen molar-refractivity contribution in [1.29, 1.82) is 0 Å². The average Bonchev–Trinajstić information content (AvgIpc) is 3.21. The Balaban J connectivity index is 2.03. The third-order valence-electron chi connectivity index (χ3n) is 4.42. The van der Waals surface area contributed by atoms with Crippen LogP contribution in [0.2, 0.25) is 0 Å². The second-order valence-corrected chi connectivity index (χ2v) is 5.91. The van der Waals surface area contributed by atoms with E-state index in [4.69, 9.17) is 0 Å². The largest absolute Gasteiger partial charge is 0.392 e. The van der Waals surface area contributed by atoms with Gasteiger partial charge in [-0.25, -0.2) is 0 Å². The lowest BCUT2D eigenvalue weighted by Gasteiger charge is -2.28. The van der Waals surface area contributed by atoms with Crippen LogP contribution >= 0.6 is 0 Å². The minimum Gasteiger partial charge on any atom is -0.392 e. The van der Waals surface area contributed by atoms with Crippen molar-refractivity contribution >= 4 is 0 Å². The molecule has 1 aromatic rings. The van der Waals surface area contributed by atoms with Crippen LogP contribution in [0.1, 0.15) is 57.4 Å². The molecule has 0 amide bonds. The Morgan fingerprint density at radius 1 is 1.22 bits per heavy atom. The summed E-state index contributed by atoms with van der Waals surface area (Å²) in [5, 5.41) is 10.5. The van der Waals surface area contributed by atoms with E-state index in [-0.39, 0.29) is 6.10 Å². The number of aliphatic hydroxyl groups is 1. The molecule has 0 bridgehead atoms. The molecule has 3 atom stereocenters. The van der Waals surface area contributed by atoms with Crippen molar-refractivity contribution in [3.63, 3.8) is 0 Å². The van der Waals surface area contributed by atoms with Crippen molar-refractivity contribution in [3.8, 4) is 0 Å². The molecule has 0 heterocycles. The highest BCUT2D eigenvalue weighted by atomic mass is 16.3. The van der Waals surface area contributed by atoms with Crippen molar-refractivity contribution in [1.82, 2.24) is 0 Å². The van der Waals surface area contributed by atoms with Crippen LogP contribution in [-0.4, -0.2) is 11.2 Å². The van der Waals surface area contributed by atoms with E-state index in [0.717, 1.165) is 18.8 Å². The summed E-state index contributed by atoms with van der Waals surface area (Å²) in [7, 11) is 0. The first-order valence-corrected chi connectivity index (χ1v) is 7.45. The predicted octanol–water partition coefficient (Wildman–Crippen LogP) is 4.37. The van der Waals surface area contributed by atoms with Crippen molar-refractivity contribution in [2.45, 2.75) is 58.0 Å². The SMILES string of the molecule is CCC(C)C(c1ccccc1)C(O)CCC1CC1. The number of rotatable bonds is 7. The molecule has 1 heteroatoms. The quantitative estimate of drug-likeness (QED) is 0.757. The van der Waals surface area contributed by atoms with Gasteiger partial charge in [0.25, 0.3) is 0 Å². The van der Waals surface area contributed by atoms with E-state index in [2.05, 4.69) is 38.1 Å². The first-order chi connectivity index (χ1) is 8.72. The molecule has 0 aliphatic heterocycles. The molecule has 1 aromatic carbocycles. The molecule has 0 aromatic heterocycles. The molecule has 1 nitrogen and oxygen atoms in total. The van der Waals surface area contributed by atoms with Gasteiger partial charge in [0.05, 0.1) is 6.10 Å². The fraction of sp³-hybridized carbons (Fsp3) is 0.647. The summed E-state index contributed by atoms with van der Waals surface area (Å²) in [6.45, 7) is 4.48. The van der Waals surface area contributed by atoms with Crippen LogP contribution in [0.25, 0.3) is 0 Å². The van der Waals surface area contributed by atoms with Gasteiger partial charge in [0.15, 0.2) is 0 Å². The van der Waals surface area contributed by atoms with Gasteiger partial charge in [0.2, 0.25) is 0 Å². The summed E-state index contributed by atoms with van der Waals surface area (Å²) in [5.41, 5.74) is 1.30. The topological polar surface area (TPSA) is 20.2 Å². The second kappa shape index (κ2) is 6.38. The average molecular weight is 246 g/mol. The highest BCUT2D eigenvalue weighted by molar-refractivity contribution is 5.21. The van der Waals surface area contributed by atoms with Crippen molar-refractivity contribution in [2.24, 2.45) is 11.8 Å². The third-order valence-corrected chi connectivity index (χ3v) is 4.42. The van der Waals surface area contributed by atoms with Gasteiger partial charge in [-0.15, -0.1) is 0 Å². The van der Waals surface area contributed by atoms with Gasteiger partial charge < -0.3 is 5.11 Å². The molecular weight excluding hydrogens is 220 g/mol. The maximum absolute atomic E-state index is 10.5. The Hall–Kier alpha value is -0.820. The van der Waals surface area contributed by atoms with E-state index in [0.29, 0.717) is 11.8 Å². The van der Waals surface area contributed by atoms with E-state index in [1.165, 1.54) is 24.8 Å². The fourth-order valence-corrected chi connectivity index (χ4v) is 2.85. The van der Waals surface area contributed by atoms with E-state index < -0.39 is 0 Å². The second-order valence-electron chi connectivity index (χ2n) is 5.91. The predicted molar refractivity (Wildman–Crippen MR) is 76.6 cm³/mol. The molecule has 18 heavy (non-hydrogen) atoms. The lowest BCUT2D eigenvalue weighted by molar-refractivity contribution is 0.105. The maximum atomic E-state index is 10.5. The molecule has 0 spiro atoms. The number of hydrogen-bond acceptors (Lipinski definition) is 1. The van der Waals surface area contributed by atoms with Crippen LogP contribution in [0.15, 0.2) is 30.3 Å². The van der Waals surface area contributed by atoms with Crippen LogP contribution in [0, 0.1) is 11.8 Å². The molecule has 1 aliphatic carbocycles. The fourth-order valence-electron chi connectivity index (χ4n) is 2.85. The van der Waals surface area contributed by atoms with Crippen molar-refractivity contribution < 1.29 is 5.11 Å². The van der Waals surface area contributed by atoms with Gasteiger partial charge in [-0.2, -0.15) is 0 Å². The Morgan fingerprint density at radius 3 is 2.44 bits per heavy atom. The zero-order chi connectivity index (χ0) is 13.0. The molecule has 100 valence electrons. The van der Waals surface area contributed by atoms with Gasteiger partial charge in [-0.1, -0.05) is 63.4 Å². The third kappa shape index (κ3) is 3.58. The minimum absolute atomic E-state index is 0.178. The molecule has 2 rings (SSSR count). The van der Waals surface area contributed by atoms with Crippen LogP contribution in [0.5, 0.6) is 0 Å². The van der Waals surface area contributed by atoms with Crippen LogP contribution in [-0.2, 0) is 0 Å². The molecule has 0 saturated heterocycles. The molecule has 1 saturated carbocycles. The first kappa shape index (κ1) is 13.6. The van der Waals surface area contributed by atoms with E-state index >= 15 is 0 Å². The minimum atomic E-state index is -0.178. The zero-order valence-corrected chi connectivity index (χ0v) is 11.7. The molecule has 1 N–H and O–H groups in total. The molecule has 1 aliphatic rings. The van der Waals surface area contributed by atoms with Crippen molar-refractivity contribution in [3.05, 3.63) is 35.9 Å². The number of benzene rings is 1. The van der Waals surface area contributed by atoms with E-state index in [1.54, 1.807) is 0 Å². The lowest BCUT2D eigenvalue weighted by Crippen LogP contribution is -2.24. The summed E-state index contributed by atoms with van der Waals surface area (Å²) in [6.07, 6.45) is 5.89.